The number of hydrogen-bond donors (Lipinski definition) is 1. The smallest absolute Gasteiger partial charge is 0.0928 e. The number of aryl methyl sites for hydroxylation is 2. The van der Waals surface area contributed by atoms with Crippen molar-refractivity contribution in [2.24, 2.45) is 0 Å². The molecule has 1 saturated carbocycles. The molecule has 0 aromatic carbocycles. The van der Waals surface area contributed by atoms with Gasteiger partial charge in [0, 0.05) is 10.9 Å². The largest absolute Gasteiger partial charge is 0.317 e. The van der Waals surface area contributed by atoms with Gasteiger partial charge in [-0.05, 0) is 52.0 Å². The van der Waals surface area contributed by atoms with Crippen LogP contribution in [0.5, 0.6) is 0 Å². The van der Waals surface area contributed by atoms with Crippen LogP contribution in [-0.2, 0) is 6.42 Å². The SMILES string of the molecule is CCc1nc(C)c(C2CCC(NC)CC2)s1. The van der Waals surface area contributed by atoms with Crippen LogP contribution in [-0.4, -0.2) is 18.1 Å². The fraction of sp³-hybridized carbons (Fsp3) is 0.769. The van der Waals surface area contributed by atoms with Crippen LogP contribution >= 0.6 is 11.3 Å². The quantitative estimate of drug-likeness (QED) is 0.874. The number of nitrogens with one attached hydrogen (secondary N) is 1. The molecule has 0 aliphatic heterocycles. The van der Waals surface area contributed by atoms with E-state index in [-0.39, 0.29) is 0 Å². The van der Waals surface area contributed by atoms with Gasteiger partial charge in [-0.1, -0.05) is 6.92 Å². The third-order valence-electron chi connectivity index (χ3n) is 3.69. The first-order valence-corrected chi connectivity index (χ1v) is 7.19. The minimum absolute atomic E-state index is 0.745. The first-order valence-electron chi connectivity index (χ1n) is 6.38. The van der Waals surface area contributed by atoms with Gasteiger partial charge in [-0.3, -0.25) is 0 Å². The van der Waals surface area contributed by atoms with Crippen LogP contribution < -0.4 is 5.32 Å². The van der Waals surface area contributed by atoms with Crippen molar-refractivity contribution in [1.29, 1.82) is 0 Å². The molecule has 1 aromatic heterocycles. The lowest BCUT2D eigenvalue weighted by Crippen LogP contribution is -2.29. The Morgan fingerprint density at radius 1 is 1.31 bits per heavy atom. The van der Waals surface area contributed by atoms with E-state index in [2.05, 4.69) is 31.2 Å². The van der Waals surface area contributed by atoms with E-state index in [0.29, 0.717) is 0 Å². The lowest BCUT2D eigenvalue weighted by Gasteiger charge is -2.27. The maximum atomic E-state index is 4.65. The van der Waals surface area contributed by atoms with Crippen molar-refractivity contribution in [1.82, 2.24) is 10.3 Å². The molecule has 1 N–H and O–H groups in total. The van der Waals surface area contributed by atoms with Gasteiger partial charge in [-0.25, -0.2) is 4.98 Å². The zero-order chi connectivity index (χ0) is 11.5. The number of rotatable bonds is 3. The molecular weight excluding hydrogens is 216 g/mol. The van der Waals surface area contributed by atoms with E-state index in [9.17, 15) is 0 Å². The summed E-state index contributed by atoms with van der Waals surface area (Å²) in [5, 5.41) is 4.70. The Hall–Kier alpha value is -0.410. The van der Waals surface area contributed by atoms with Gasteiger partial charge in [-0.15, -0.1) is 11.3 Å². The highest BCUT2D eigenvalue weighted by molar-refractivity contribution is 7.11. The van der Waals surface area contributed by atoms with Crippen molar-refractivity contribution in [2.75, 3.05) is 7.05 Å². The topological polar surface area (TPSA) is 24.9 Å². The third-order valence-corrected chi connectivity index (χ3v) is 5.15. The zero-order valence-electron chi connectivity index (χ0n) is 10.5. The highest BCUT2D eigenvalue weighted by Crippen LogP contribution is 2.37. The average molecular weight is 238 g/mol. The molecule has 16 heavy (non-hydrogen) atoms. The van der Waals surface area contributed by atoms with Gasteiger partial charge in [-0.2, -0.15) is 0 Å². The molecule has 2 rings (SSSR count). The molecule has 0 radical (unpaired) electrons. The minimum atomic E-state index is 0.745. The van der Waals surface area contributed by atoms with Gasteiger partial charge < -0.3 is 5.32 Å². The molecule has 1 heterocycles. The Labute approximate surface area is 102 Å². The van der Waals surface area contributed by atoms with Crippen molar-refractivity contribution in [2.45, 2.75) is 57.9 Å². The summed E-state index contributed by atoms with van der Waals surface area (Å²) in [6.07, 6.45) is 6.38. The fourth-order valence-electron chi connectivity index (χ4n) is 2.64. The minimum Gasteiger partial charge on any atom is -0.317 e. The van der Waals surface area contributed by atoms with Gasteiger partial charge in [0.25, 0.3) is 0 Å². The van der Waals surface area contributed by atoms with E-state index in [4.69, 9.17) is 0 Å². The van der Waals surface area contributed by atoms with Crippen LogP contribution in [0.25, 0.3) is 0 Å². The molecule has 0 amide bonds. The van der Waals surface area contributed by atoms with Crippen LogP contribution in [0, 0.1) is 6.92 Å². The van der Waals surface area contributed by atoms with Crippen molar-refractivity contribution in [3.05, 3.63) is 15.6 Å². The Bertz CT molecular complexity index is 338. The van der Waals surface area contributed by atoms with Gasteiger partial charge in [0.15, 0.2) is 0 Å². The van der Waals surface area contributed by atoms with Crippen molar-refractivity contribution in [3.8, 4) is 0 Å². The summed E-state index contributed by atoms with van der Waals surface area (Å²) in [5.41, 5.74) is 1.29. The number of aromatic nitrogens is 1. The lowest BCUT2D eigenvalue weighted by molar-refractivity contribution is 0.360. The Kier molecular flexibility index (Phi) is 3.98. The molecule has 0 saturated heterocycles. The second kappa shape index (κ2) is 5.28. The first kappa shape index (κ1) is 12.1. The molecule has 0 unspecified atom stereocenters. The molecule has 1 aliphatic rings. The summed E-state index contributed by atoms with van der Waals surface area (Å²) in [5.74, 6) is 0.780. The van der Waals surface area contributed by atoms with Crippen LogP contribution in [0.4, 0.5) is 0 Å². The van der Waals surface area contributed by atoms with Gasteiger partial charge >= 0.3 is 0 Å². The summed E-state index contributed by atoms with van der Waals surface area (Å²) >= 11 is 1.94. The second-order valence-corrected chi connectivity index (χ2v) is 5.86. The Morgan fingerprint density at radius 2 is 2.00 bits per heavy atom. The standard InChI is InChI=1S/C13H22N2S/c1-4-12-15-9(2)13(16-12)10-5-7-11(14-3)8-6-10/h10-11,14H,4-8H2,1-3H3. The highest BCUT2D eigenvalue weighted by atomic mass is 32.1. The Morgan fingerprint density at radius 3 is 2.50 bits per heavy atom. The predicted molar refractivity (Wildman–Crippen MR) is 70.3 cm³/mol. The van der Waals surface area contributed by atoms with Crippen molar-refractivity contribution >= 4 is 11.3 Å². The van der Waals surface area contributed by atoms with E-state index in [1.807, 2.05) is 11.3 Å². The molecule has 1 aromatic rings. The van der Waals surface area contributed by atoms with E-state index < -0.39 is 0 Å². The van der Waals surface area contributed by atoms with E-state index >= 15 is 0 Å². The van der Waals surface area contributed by atoms with Crippen LogP contribution in [0.1, 0.15) is 54.1 Å². The summed E-state index contributed by atoms with van der Waals surface area (Å²) < 4.78 is 0. The van der Waals surface area contributed by atoms with E-state index in [1.165, 1.54) is 36.4 Å². The molecule has 90 valence electrons. The monoisotopic (exact) mass is 238 g/mol. The number of thiazole rings is 1. The number of nitrogens with zero attached hydrogens (tertiary/aromatic N) is 1. The maximum absolute atomic E-state index is 4.65. The lowest BCUT2D eigenvalue weighted by atomic mass is 9.85. The highest BCUT2D eigenvalue weighted by Gasteiger charge is 2.24. The molecule has 1 fully saturated rings. The third kappa shape index (κ3) is 2.46. The van der Waals surface area contributed by atoms with Crippen molar-refractivity contribution in [3.63, 3.8) is 0 Å². The number of hydrogen-bond acceptors (Lipinski definition) is 3. The predicted octanol–water partition coefficient (Wildman–Crippen LogP) is 3.26. The molecule has 0 spiro atoms. The Balaban J connectivity index is 2.04. The summed E-state index contributed by atoms with van der Waals surface area (Å²) in [6, 6.07) is 0.745. The van der Waals surface area contributed by atoms with Gasteiger partial charge in [0.05, 0.1) is 10.7 Å². The summed E-state index contributed by atoms with van der Waals surface area (Å²) in [7, 11) is 2.08. The van der Waals surface area contributed by atoms with Crippen LogP contribution in [0.15, 0.2) is 0 Å². The summed E-state index contributed by atoms with van der Waals surface area (Å²) in [6.45, 7) is 4.37. The fourth-order valence-corrected chi connectivity index (χ4v) is 3.82. The first-order chi connectivity index (χ1) is 7.74. The normalized spacial score (nSPS) is 25.9. The maximum Gasteiger partial charge on any atom is 0.0928 e. The summed E-state index contributed by atoms with van der Waals surface area (Å²) in [4.78, 5) is 6.21. The van der Waals surface area contributed by atoms with Gasteiger partial charge in [0.2, 0.25) is 0 Å². The second-order valence-electron chi connectivity index (χ2n) is 4.75. The molecule has 3 heteroatoms. The molecule has 0 bridgehead atoms. The van der Waals surface area contributed by atoms with Gasteiger partial charge in [0.1, 0.15) is 0 Å². The molecule has 2 nitrogen and oxygen atoms in total. The average Bonchev–Trinajstić information content (AvgIpc) is 2.71. The van der Waals surface area contributed by atoms with E-state index in [0.717, 1.165) is 18.4 Å². The van der Waals surface area contributed by atoms with E-state index in [1.54, 1.807) is 4.88 Å². The molecular formula is C13H22N2S. The molecule has 1 aliphatic carbocycles. The van der Waals surface area contributed by atoms with Crippen molar-refractivity contribution < 1.29 is 0 Å². The molecule has 0 atom stereocenters. The van der Waals surface area contributed by atoms with Crippen LogP contribution in [0.3, 0.4) is 0 Å². The zero-order valence-corrected chi connectivity index (χ0v) is 11.4. The van der Waals surface area contributed by atoms with Crippen LogP contribution in [0.2, 0.25) is 0 Å².